The molecule has 0 radical (unpaired) electrons. The van der Waals surface area contributed by atoms with Gasteiger partial charge in [-0.3, -0.25) is 4.40 Å². The van der Waals surface area contributed by atoms with Crippen molar-refractivity contribution in [1.29, 1.82) is 0 Å². The third-order valence-corrected chi connectivity index (χ3v) is 3.92. The fourth-order valence-electron chi connectivity index (χ4n) is 2.80. The zero-order valence-electron chi connectivity index (χ0n) is 11.6. The summed E-state index contributed by atoms with van der Waals surface area (Å²) in [6, 6.07) is 0. The largest absolute Gasteiger partial charge is 0.475 e. The lowest BCUT2D eigenvalue weighted by atomic mass is 10.0. The van der Waals surface area contributed by atoms with Crippen molar-refractivity contribution < 1.29 is 4.74 Å². The smallest absolute Gasteiger partial charge is 0.260 e. The van der Waals surface area contributed by atoms with Gasteiger partial charge in [-0.25, -0.2) is 10.8 Å². The maximum absolute atomic E-state index is 5.93. The molecule has 0 unspecified atom stereocenters. The van der Waals surface area contributed by atoms with Gasteiger partial charge in [0.15, 0.2) is 5.82 Å². The predicted molar refractivity (Wildman–Crippen MR) is 77.5 cm³/mol. The molecule has 2 aromatic heterocycles. The lowest BCUT2D eigenvalue weighted by Gasteiger charge is -2.15. The van der Waals surface area contributed by atoms with Gasteiger partial charge >= 0.3 is 0 Å². The highest BCUT2D eigenvalue weighted by Crippen LogP contribution is 2.25. The number of hydrogen-bond donors (Lipinski definition) is 2. The van der Waals surface area contributed by atoms with Crippen LogP contribution in [0.15, 0.2) is 18.6 Å². The van der Waals surface area contributed by atoms with Crippen LogP contribution in [0.2, 0.25) is 0 Å². The fourth-order valence-corrected chi connectivity index (χ4v) is 2.80. The molecule has 3 rings (SSSR count). The Labute approximate surface area is 118 Å². The molecule has 1 aliphatic carbocycles. The van der Waals surface area contributed by atoms with E-state index in [1.807, 2.05) is 10.6 Å². The minimum atomic E-state index is 0.551. The molecule has 0 amide bonds. The molecule has 1 aliphatic rings. The second-order valence-electron chi connectivity index (χ2n) is 5.40. The molecule has 6 heteroatoms. The number of rotatable bonds is 4. The van der Waals surface area contributed by atoms with E-state index in [0.717, 1.165) is 5.65 Å². The van der Waals surface area contributed by atoms with Gasteiger partial charge in [0, 0.05) is 12.4 Å². The Balaban J connectivity index is 1.74. The number of fused-ring (bicyclic) bond motifs is 1. The first kappa shape index (κ1) is 13.2. The first-order chi connectivity index (χ1) is 9.86. The van der Waals surface area contributed by atoms with E-state index >= 15 is 0 Å². The molecular weight excluding hydrogens is 254 g/mol. The normalized spacial score (nSPS) is 17.1. The van der Waals surface area contributed by atoms with Gasteiger partial charge in [0.05, 0.1) is 12.8 Å². The molecule has 1 saturated carbocycles. The summed E-state index contributed by atoms with van der Waals surface area (Å²) in [5, 5.41) is 0. The fraction of sp³-hybridized carbons (Fsp3) is 0.571. The maximum Gasteiger partial charge on any atom is 0.260 e. The average Bonchev–Trinajstić information content (AvgIpc) is 2.80. The second kappa shape index (κ2) is 6.09. The molecule has 6 nitrogen and oxygen atoms in total. The van der Waals surface area contributed by atoms with Crippen LogP contribution in [-0.4, -0.2) is 21.0 Å². The van der Waals surface area contributed by atoms with Crippen molar-refractivity contribution in [2.24, 2.45) is 11.8 Å². The van der Waals surface area contributed by atoms with Gasteiger partial charge in [-0.1, -0.05) is 25.7 Å². The SMILES string of the molecule is NNc1cn2ccnc2c(OCC2CCCCCC2)n1. The molecule has 0 spiro atoms. The van der Waals surface area contributed by atoms with Crippen LogP contribution in [0.1, 0.15) is 38.5 Å². The number of hydrogen-bond acceptors (Lipinski definition) is 5. The van der Waals surface area contributed by atoms with Crippen LogP contribution in [0, 0.1) is 5.92 Å². The quantitative estimate of drug-likeness (QED) is 0.509. The van der Waals surface area contributed by atoms with E-state index in [4.69, 9.17) is 10.6 Å². The molecule has 0 atom stereocenters. The van der Waals surface area contributed by atoms with E-state index in [9.17, 15) is 0 Å². The van der Waals surface area contributed by atoms with Gasteiger partial charge in [0.1, 0.15) is 0 Å². The topological polar surface area (TPSA) is 77.5 Å². The Morgan fingerprint density at radius 3 is 2.85 bits per heavy atom. The third-order valence-electron chi connectivity index (χ3n) is 3.92. The monoisotopic (exact) mass is 275 g/mol. The van der Waals surface area contributed by atoms with Crippen LogP contribution in [0.3, 0.4) is 0 Å². The number of nitrogens with zero attached hydrogens (tertiary/aromatic N) is 3. The van der Waals surface area contributed by atoms with Crippen molar-refractivity contribution in [2.45, 2.75) is 38.5 Å². The molecule has 20 heavy (non-hydrogen) atoms. The average molecular weight is 275 g/mol. The van der Waals surface area contributed by atoms with E-state index in [1.54, 1.807) is 12.4 Å². The standard InChI is InChI=1S/C14H21N5O/c15-18-12-9-19-8-7-16-13(19)14(17-12)20-10-11-5-3-1-2-4-6-11/h7-9,11,18H,1-6,10,15H2. The molecule has 2 aromatic rings. The van der Waals surface area contributed by atoms with Crippen LogP contribution in [0.4, 0.5) is 5.82 Å². The highest BCUT2D eigenvalue weighted by molar-refractivity contribution is 5.53. The second-order valence-corrected chi connectivity index (χ2v) is 5.40. The summed E-state index contributed by atoms with van der Waals surface area (Å²) in [5.41, 5.74) is 3.29. The molecule has 108 valence electrons. The van der Waals surface area contributed by atoms with Crippen LogP contribution in [0.25, 0.3) is 5.65 Å². The van der Waals surface area contributed by atoms with Gasteiger partial charge < -0.3 is 10.2 Å². The first-order valence-corrected chi connectivity index (χ1v) is 7.30. The van der Waals surface area contributed by atoms with Crippen LogP contribution in [0.5, 0.6) is 5.88 Å². The Hall–Kier alpha value is -1.82. The Morgan fingerprint density at radius 2 is 2.10 bits per heavy atom. The zero-order valence-corrected chi connectivity index (χ0v) is 11.6. The van der Waals surface area contributed by atoms with E-state index in [2.05, 4.69) is 15.4 Å². The number of nitrogens with two attached hydrogens (primary N) is 1. The lowest BCUT2D eigenvalue weighted by Crippen LogP contribution is -2.14. The predicted octanol–water partition coefficient (Wildman–Crippen LogP) is 2.36. The molecule has 0 saturated heterocycles. The molecule has 1 fully saturated rings. The van der Waals surface area contributed by atoms with Gasteiger partial charge in [-0.05, 0) is 18.8 Å². The Bertz CT molecular complexity index is 560. The highest BCUT2D eigenvalue weighted by atomic mass is 16.5. The molecule has 0 aromatic carbocycles. The Kier molecular flexibility index (Phi) is 4.01. The Morgan fingerprint density at radius 1 is 1.30 bits per heavy atom. The van der Waals surface area contributed by atoms with E-state index in [0.29, 0.717) is 24.2 Å². The molecule has 0 bridgehead atoms. The summed E-state index contributed by atoms with van der Waals surface area (Å²) in [4.78, 5) is 8.64. The van der Waals surface area contributed by atoms with Crippen molar-refractivity contribution in [3.63, 3.8) is 0 Å². The van der Waals surface area contributed by atoms with E-state index < -0.39 is 0 Å². The minimum absolute atomic E-state index is 0.551. The summed E-state index contributed by atoms with van der Waals surface area (Å²) in [6.07, 6.45) is 13.2. The minimum Gasteiger partial charge on any atom is -0.475 e. The molecule has 0 aliphatic heterocycles. The van der Waals surface area contributed by atoms with E-state index in [1.165, 1.54) is 38.5 Å². The molecule has 3 N–H and O–H groups in total. The van der Waals surface area contributed by atoms with Crippen molar-refractivity contribution >= 4 is 11.5 Å². The number of nitrogen functional groups attached to an aromatic ring is 1. The van der Waals surface area contributed by atoms with Crippen molar-refractivity contribution in [2.75, 3.05) is 12.0 Å². The van der Waals surface area contributed by atoms with Crippen molar-refractivity contribution in [1.82, 2.24) is 14.4 Å². The van der Waals surface area contributed by atoms with Gasteiger partial charge in [0.25, 0.3) is 5.88 Å². The van der Waals surface area contributed by atoms with Crippen molar-refractivity contribution in [3.8, 4) is 5.88 Å². The third kappa shape index (κ3) is 2.85. The summed E-state index contributed by atoms with van der Waals surface area (Å²) in [6.45, 7) is 0.712. The van der Waals surface area contributed by atoms with Gasteiger partial charge in [-0.15, -0.1) is 0 Å². The lowest BCUT2D eigenvalue weighted by molar-refractivity contribution is 0.228. The number of aromatic nitrogens is 3. The number of ether oxygens (including phenoxy) is 1. The van der Waals surface area contributed by atoms with E-state index in [-0.39, 0.29) is 0 Å². The number of nitrogens with one attached hydrogen (secondary N) is 1. The highest BCUT2D eigenvalue weighted by Gasteiger charge is 2.15. The molecular formula is C14H21N5O. The zero-order chi connectivity index (χ0) is 13.8. The van der Waals surface area contributed by atoms with Gasteiger partial charge in [0.2, 0.25) is 5.65 Å². The number of hydrazine groups is 1. The summed E-state index contributed by atoms with van der Waals surface area (Å²) in [5.74, 6) is 7.19. The van der Waals surface area contributed by atoms with Crippen LogP contribution >= 0.6 is 0 Å². The molecule has 2 heterocycles. The summed E-state index contributed by atoms with van der Waals surface area (Å²) >= 11 is 0. The van der Waals surface area contributed by atoms with Crippen LogP contribution in [-0.2, 0) is 0 Å². The first-order valence-electron chi connectivity index (χ1n) is 7.30. The number of imidazole rings is 1. The summed E-state index contributed by atoms with van der Waals surface area (Å²) in [7, 11) is 0. The maximum atomic E-state index is 5.93. The number of anilines is 1. The summed E-state index contributed by atoms with van der Waals surface area (Å²) < 4.78 is 7.79. The van der Waals surface area contributed by atoms with Crippen LogP contribution < -0.4 is 16.0 Å². The van der Waals surface area contributed by atoms with Gasteiger partial charge in [-0.2, -0.15) is 4.98 Å². The van der Waals surface area contributed by atoms with Crippen molar-refractivity contribution in [3.05, 3.63) is 18.6 Å².